The van der Waals surface area contributed by atoms with Crippen LogP contribution in [0, 0.1) is 6.92 Å². The minimum absolute atomic E-state index is 0.121. The van der Waals surface area contributed by atoms with Crippen molar-refractivity contribution >= 4 is 22.6 Å². The number of nitrogens with zero attached hydrogens (tertiary/aromatic N) is 4. The molecule has 0 saturated carbocycles. The van der Waals surface area contributed by atoms with E-state index in [1.165, 1.54) is 18.1 Å². The summed E-state index contributed by atoms with van der Waals surface area (Å²) in [4.78, 5) is 22.9. The van der Waals surface area contributed by atoms with E-state index >= 15 is 0 Å². The van der Waals surface area contributed by atoms with E-state index in [4.69, 9.17) is 0 Å². The Bertz CT molecular complexity index is 985. The van der Waals surface area contributed by atoms with Crippen LogP contribution >= 0.6 is 0 Å². The molecule has 27 heavy (non-hydrogen) atoms. The van der Waals surface area contributed by atoms with Gasteiger partial charge in [0, 0.05) is 37.0 Å². The number of aryl methyl sites for hydroxylation is 1. The van der Waals surface area contributed by atoms with Crippen LogP contribution in [-0.2, 0) is 4.79 Å². The standard InChI is InChI=1S/C21H25N5O/c1-14-4-7-22-21(10-14)26-13-18(16-5-8-25(3)9-6-16)17-12-23-20(11-19(17)26)24-15(2)27/h4,7,10-13,16H,5-6,8-9H2,1-3H3,(H,23,24,27). The van der Waals surface area contributed by atoms with Crippen LogP contribution < -0.4 is 5.32 Å². The molecule has 1 N–H and O–H groups in total. The van der Waals surface area contributed by atoms with Crippen molar-refractivity contribution < 1.29 is 4.79 Å². The number of carbonyl (C=O) groups excluding carboxylic acids is 1. The van der Waals surface area contributed by atoms with Crippen LogP contribution in [0.2, 0.25) is 0 Å². The van der Waals surface area contributed by atoms with Crippen molar-refractivity contribution in [1.29, 1.82) is 0 Å². The van der Waals surface area contributed by atoms with Gasteiger partial charge in [0.2, 0.25) is 5.91 Å². The summed E-state index contributed by atoms with van der Waals surface area (Å²) >= 11 is 0. The van der Waals surface area contributed by atoms with Gasteiger partial charge in [0.1, 0.15) is 11.6 Å². The maximum atomic E-state index is 11.5. The van der Waals surface area contributed by atoms with Crippen molar-refractivity contribution in [2.24, 2.45) is 0 Å². The Kier molecular flexibility index (Phi) is 4.66. The lowest BCUT2D eigenvalue weighted by atomic mass is 9.90. The highest BCUT2D eigenvalue weighted by molar-refractivity contribution is 5.92. The summed E-state index contributed by atoms with van der Waals surface area (Å²) in [5, 5.41) is 3.93. The molecule has 0 aromatic carbocycles. The molecule has 6 nitrogen and oxygen atoms in total. The van der Waals surface area contributed by atoms with E-state index < -0.39 is 0 Å². The Labute approximate surface area is 159 Å². The maximum absolute atomic E-state index is 11.5. The summed E-state index contributed by atoms with van der Waals surface area (Å²) in [5.74, 6) is 1.85. The summed E-state index contributed by atoms with van der Waals surface area (Å²) in [7, 11) is 2.18. The molecular weight excluding hydrogens is 338 g/mol. The molecule has 140 valence electrons. The number of fused-ring (bicyclic) bond motifs is 1. The molecule has 1 fully saturated rings. The minimum atomic E-state index is -0.121. The molecule has 0 unspecified atom stereocenters. The monoisotopic (exact) mass is 363 g/mol. The van der Waals surface area contributed by atoms with Crippen LogP contribution in [0.3, 0.4) is 0 Å². The Hall–Kier alpha value is -2.73. The van der Waals surface area contributed by atoms with Gasteiger partial charge in [-0.1, -0.05) is 0 Å². The van der Waals surface area contributed by atoms with Gasteiger partial charge in [0.15, 0.2) is 0 Å². The topological polar surface area (TPSA) is 63.1 Å². The van der Waals surface area contributed by atoms with Crippen molar-refractivity contribution in [2.45, 2.75) is 32.6 Å². The fourth-order valence-corrected chi connectivity index (χ4v) is 3.88. The quantitative estimate of drug-likeness (QED) is 0.774. The molecule has 0 spiro atoms. The van der Waals surface area contributed by atoms with Crippen molar-refractivity contribution in [2.75, 3.05) is 25.5 Å². The number of hydrogen-bond donors (Lipinski definition) is 1. The van der Waals surface area contributed by atoms with E-state index in [-0.39, 0.29) is 5.91 Å². The molecule has 0 atom stereocenters. The summed E-state index contributed by atoms with van der Waals surface area (Å²) in [5.41, 5.74) is 3.52. The van der Waals surface area contributed by atoms with Gasteiger partial charge in [-0.3, -0.25) is 4.79 Å². The summed E-state index contributed by atoms with van der Waals surface area (Å²) in [6.45, 7) is 5.78. The number of likely N-dealkylation sites (tertiary alicyclic amines) is 1. The largest absolute Gasteiger partial charge is 0.311 e. The Morgan fingerprint density at radius 3 is 2.70 bits per heavy atom. The lowest BCUT2D eigenvalue weighted by molar-refractivity contribution is -0.114. The van der Waals surface area contributed by atoms with Gasteiger partial charge in [0.25, 0.3) is 0 Å². The second kappa shape index (κ2) is 7.12. The molecular formula is C21H25N5O. The summed E-state index contributed by atoms with van der Waals surface area (Å²) in [6, 6.07) is 6.02. The van der Waals surface area contributed by atoms with Crippen LogP contribution in [0.5, 0.6) is 0 Å². The van der Waals surface area contributed by atoms with Crippen LogP contribution in [0.4, 0.5) is 5.82 Å². The molecule has 4 rings (SSSR count). The lowest BCUT2D eigenvalue weighted by Crippen LogP contribution is -2.29. The van der Waals surface area contributed by atoms with Gasteiger partial charge >= 0.3 is 0 Å². The molecule has 1 saturated heterocycles. The smallest absolute Gasteiger partial charge is 0.222 e. The number of amides is 1. The van der Waals surface area contributed by atoms with Gasteiger partial charge in [-0.15, -0.1) is 0 Å². The lowest BCUT2D eigenvalue weighted by Gasteiger charge is -2.28. The zero-order valence-electron chi connectivity index (χ0n) is 16.1. The number of piperidine rings is 1. The summed E-state index contributed by atoms with van der Waals surface area (Å²) < 4.78 is 2.13. The highest BCUT2D eigenvalue weighted by Crippen LogP contribution is 2.35. The second-order valence-corrected chi connectivity index (χ2v) is 7.49. The molecule has 3 aromatic rings. The van der Waals surface area contributed by atoms with Crippen LogP contribution in [0.15, 0.2) is 36.8 Å². The first-order valence-electron chi connectivity index (χ1n) is 9.41. The number of nitrogens with one attached hydrogen (secondary N) is 1. The molecule has 3 aromatic heterocycles. The third kappa shape index (κ3) is 3.57. The third-order valence-corrected chi connectivity index (χ3v) is 5.33. The molecule has 1 aliphatic rings. The molecule has 1 aliphatic heterocycles. The van der Waals surface area contributed by atoms with E-state index in [9.17, 15) is 4.79 Å². The minimum Gasteiger partial charge on any atom is -0.311 e. The molecule has 0 aliphatic carbocycles. The number of carbonyl (C=O) groups is 1. The molecule has 1 amide bonds. The summed E-state index contributed by atoms with van der Waals surface area (Å²) in [6.07, 6.45) is 8.22. The second-order valence-electron chi connectivity index (χ2n) is 7.49. The SMILES string of the molecule is CC(=O)Nc1cc2c(cn1)c(C1CCN(C)CC1)cn2-c1cc(C)ccn1. The van der Waals surface area contributed by atoms with Crippen molar-refractivity contribution in [3.05, 3.63) is 47.9 Å². The van der Waals surface area contributed by atoms with Crippen LogP contribution in [-0.4, -0.2) is 45.5 Å². The molecule has 6 heteroatoms. The average Bonchev–Trinajstić information content (AvgIpc) is 3.01. The predicted octanol–water partition coefficient (Wildman–Crippen LogP) is 3.50. The van der Waals surface area contributed by atoms with Crippen molar-refractivity contribution in [3.8, 4) is 5.82 Å². The van der Waals surface area contributed by atoms with Gasteiger partial charge in [0.05, 0.1) is 5.52 Å². The highest BCUT2D eigenvalue weighted by atomic mass is 16.1. The average molecular weight is 363 g/mol. The Morgan fingerprint density at radius 2 is 2.00 bits per heavy atom. The Morgan fingerprint density at radius 1 is 1.22 bits per heavy atom. The van der Waals surface area contributed by atoms with E-state index in [1.54, 1.807) is 0 Å². The van der Waals surface area contributed by atoms with E-state index in [0.29, 0.717) is 11.7 Å². The number of pyridine rings is 2. The van der Waals surface area contributed by atoms with Gasteiger partial charge in [-0.05, 0) is 69.1 Å². The number of rotatable bonds is 3. The normalized spacial score (nSPS) is 16.0. The molecule has 0 radical (unpaired) electrons. The first-order chi connectivity index (χ1) is 13.0. The molecule has 0 bridgehead atoms. The third-order valence-electron chi connectivity index (χ3n) is 5.33. The van der Waals surface area contributed by atoms with Crippen LogP contribution in [0.1, 0.15) is 36.8 Å². The highest BCUT2D eigenvalue weighted by Gasteiger charge is 2.23. The fraction of sp³-hybridized carbons (Fsp3) is 0.381. The number of aromatic nitrogens is 3. The van der Waals surface area contributed by atoms with Crippen molar-refractivity contribution in [1.82, 2.24) is 19.4 Å². The van der Waals surface area contributed by atoms with Crippen LogP contribution in [0.25, 0.3) is 16.7 Å². The first-order valence-corrected chi connectivity index (χ1v) is 9.41. The van der Waals surface area contributed by atoms with E-state index in [2.05, 4.69) is 51.0 Å². The van der Waals surface area contributed by atoms with Gasteiger partial charge < -0.3 is 14.8 Å². The van der Waals surface area contributed by atoms with E-state index in [1.807, 2.05) is 24.5 Å². The predicted molar refractivity (Wildman–Crippen MR) is 107 cm³/mol. The first kappa shape index (κ1) is 17.7. The van der Waals surface area contributed by atoms with Crippen molar-refractivity contribution in [3.63, 3.8) is 0 Å². The molecule has 4 heterocycles. The Balaban J connectivity index is 1.85. The van der Waals surface area contributed by atoms with E-state index in [0.717, 1.165) is 42.7 Å². The zero-order valence-corrected chi connectivity index (χ0v) is 16.1. The fourth-order valence-electron chi connectivity index (χ4n) is 3.88. The number of anilines is 1. The van der Waals surface area contributed by atoms with Gasteiger partial charge in [-0.2, -0.15) is 0 Å². The zero-order chi connectivity index (χ0) is 19.0. The maximum Gasteiger partial charge on any atom is 0.222 e. The number of hydrogen-bond acceptors (Lipinski definition) is 4. The van der Waals surface area contributed by atoms with Gasteiger partial charge in [-0.25, -0.2) is 9.97 Å².